The molecule has 1 aliphatic carbocycles. The molecule has 2 aromatic carbocycles. The first-order chi connectivity index (χ1) is 18.2. The third kappa shape index (κ3) is 3.61. The van der Waals surface area contributed by atoms with Crippen LogP contribution in [0.1, 0.15) is 36.6 Å². The molecule has 2 aromatic heterocycles. The highest BCUT2D eigenvalue weighted by molar-refractivity contribution is 5.80. The van der Waals surface area contributed by atoms with Crippen molar-refractivity contribution >= 4 is 16.9 Å². The van der Waals surface area contributed by atoms with Crippen LogP contribution in [0.25, 0.3) is 22.0 Å². The van der Waals surface area contributed by atoms with Gasteiger partial charge in [-0.1, -0.05) is 30.3 Å². The standard InChI is InChI=1S/C30H26N4O3/c1-36-21-12-10-18(11-13-21)20-15-31-30(32-16-20)34-17-23-27(33-24-8-4-3-7-22(24)29(23)35)28(34)26-14-19-6-2-5-9-25(19)37-26/h3-5,7-13,15-16,26,28H,2,6,14,17H2,1H3,(H,33,35)/t26-,28?/m1/s1. The summed E-state index contributed by atoms with van der Waals surface area (Å²) in [5.41, 5.74) is 5.83. The van der Waals surface area contributed by atoms with E-state index in [0.29, 0.717) is 17.9 Å². The van der Waals surface area contributed by atoms with Gasteiger partial charge in [0.25, 0.3) is 0 Å². The van der Waals surface area contributed by atoms with Gasteiger partial charge in [-0.15, -0.1) is 0 Å². The number of allylic oxidation sites excluding steroid dienone is 2. The van der Waals surface area contributed by atoms with Gasteiger partial charge in [0.05, 0.1) is 19.3 Å². The maximum Gasteiger partial charge on any atom is 0.226 e. The van der Waals surface area contributed by atoms with Crippen LogP contribution >= 0.6 is 0 Å². The zero-order valence-electron chi connectivity index (χ0n) is 20.5. The Balaban J connectivity index is 1.28. The van der Waals surface area contributed by atoms with Gasteiger partial charge in [-0.3, -0.25) is 4.79 Å². The number of benzene rings is 2. The fraction of sp³-hybridized carbons (Fsp3) is 0.233. The molecule has 7 heteroatoms. The lowest BCUT2D eigenvalue weighted by molar-refractivity contribution is 0.124. The van der Waals surface area contributed by atoms with Crippen molar-refractivity contribution in [3.63, 3.8) is 0 Å². The number of anilines is 1. The summed E-state index contributed by atoms with van der Waals surface area (Å²) < 4.78 is 11.8. The Morgan fingerprint density at radius 1 is 1.05 bits per heavy atom. The van der Waals surface area contributed by atoms with Gasteiger partial charge in [-0.05, 0) is 54.3 Å². The van der Waals surface area contributed by atoms with Crippen LogP contribution in [0.4, 0.5) is 5.95 Å². The molecule has 37 heavy (non-hydrogen) atoms. The van der Waals surface area contributed by atoms with Crippen LogP contribution < -0.4 is 15.1 Å². The van der Waals surface area contributed by atoms with Crippen molar-refractivity contribution in [1.29, 1.82) is 0 Å². The SMILES string of the molecule is COc1ccc(-c2cnc(N3Cc4c([nH]c5ccccc5c4=O)C3[C@H]3CC4=C(C=CCC4)O3)nc2)cc1. The molecular weight excluding hydrogens is 464 g/mol. The molecule has 4 aromatic rings. The zero-order valence-corrected chi connectivity index (χ0v) is 20.5. The summed E-state index contributed by atoms with van der Waals surface area (Å²) in [7, 11) is 1.65. The summed E-state index contributed by atoms with van der Waals surface area (Å²) in [4.78, 5) is 28.8. The van der Waals surface area contributed by atoms with Crippen molar-refractivity contribution in [2.45, 2.75) is 38.0 Å². The molecule has 184 valence electrons. The minimum Gasteiger partial charge on any atom is -0.497 e. The van der Waals surface area contributed by atoms with Gasteiger partial charge in [0.1, 0.15) is 23.7 Å². The van der Waals surface area contributed by atoms with Crippen LogP contribution in [-0.2, 0) is 11.3 Å². The highest BCUT2D eigenvalue weighted by atomic mass is 16.5. The highest BCUT2D eigenvalue weighted by Crippen LogP contribution is 2.44. The van der Waals surface area contributed by atoms with Crippen LogP contribution in [0.15, 0.2) is 89.2 Å². The number of hydrogen-bond acceptors (Lipinski definition) is 6. The molecule has 0 fully saturated rings. The predicted octanol–water partition coefficient (Wildman–Crippen LogP) is 5.45. The number of H-pyrrole nitrogens is 1. The first-order valence-electron chi connectivity index (χ1n) is 12.6. The third-order valence-corrected chi connectivity index (χ3v) is 7.63. The summed E-state index contributed by atoms with van der Waals surface area (Å²) in [6.45, 7) is 0.433. The Hall–Kier alpha value is -4.39. The number of methoxy groups -OCH3 is 1. The maximum atomic E-state index is 13.5. The monoisotopic (exact) mass is 490 g/mol. The van der Waals surface area contributed by atoms with Crippen molar-refractivity contribution < 1.29 is 9.47 Å². The number of aromatic amines is 1. The van der Waals surface area contributed by atoms with Crippen LogP contribution in [0.3, 0.4) is 0 Å². The first-order valence-corrected chi connectivity index (χ1v) is 12.6. The number of para-hydroxylation sites is 1. The van der Waals surface area contributed by atoms with Crippen molar-refractivity contribution in [2.75, 3.05) is 12.0 Å². The average Bonchev–Trinajstić information content (AvgIpc) is 3.55. The number of ether oxygens (including phenoxy) is 2. The van der Waals surface area contributed by atoms with E-state index >= 15 is 0 Å². The molecule has 1 N–H and O–H groups in total. The van der Waals surface area contributed by atoms with E-state index < -0.39 is 0 Å². The number of hydrogen-bond donors (Lipinski definition) is 1. The number of nitrogens with zero attached hydrogens (tertiary/aromatic N) is 3. The number of aromatic nitrogens is 3. The van der Waals surface area contributed by atoms with Crippen LogP contribution in [-0.4, -0.2) is 28.2 Å². The molecule has 0 radical (unpaired) electrons. The topological polar surface area (TPSA) is 80.3 Å². The predicted molar refractivity (Wildman–Crippen MR) is 142 cm³/mol. The molecule has 2 aliphatic heterocycles. The molecule has 4 heterocycles. The van der Waals surface area contributed by atoms with E-state index in [-0.39, 0.29) is 17.6 Å². The molecule has 0 saturated carbocycles. The fourth-order valence-electron chi connectivity index (χ4n) is 5.75. The second kappa shape index (κ2) is 8.62. The molecule has 1 unspecified atom stereocenters. The van der Waals surface area contributed by atoms with Gasteiger partial charge in [-0.2, -0.15) is 0 Å². The fourth-order valence-corrected chi connectivity index (χ4v) is 5.75. The maximum absolute atomic E-state index is 13.5. The summed E-state index contributed by atoms with van der Waals surface area (Å²) in [5, 5.41) is 0.699. The molecule has 0 amide bonds. The third-order valence-electron chi connectivity index (χ3n) is 7.63. The highest BCUT2D eigenvalue weighted by Gasteiger charge is 2.44. The average molecular weight is 491 g/mol. The molecule has 7 rings (SSSR count). The summed E-state index contributed by atoms with van der Waals surface area (Å²) in [5.74, 6) is 2.36. The largest absolute Gasteiger partial charge is 0.497 e. The lowest BCUT2D eigenvalue weighted by Gasteiger charge is -2.29. The van der Waals surface area contributed by atoms with Crippen molar-refractivity contribution in [1.82, 2.24) is 15.0 Å². The first kappa shape index (κ1) is 21.9. The molecule has 0 saturated heterocycles. The van der Waals surface area contributed by atoms with Gasteiger partial charge < -0.3 is 19.4 Å². The van der Waals surface area contributed by atoms with E-state index in [2.05, 4.69) is 22.0 Å². The Bertz CT molecular complexity index is 1620. The van der Waals surface area contributed by atoms with Crippen molar-refractivity contribution in [2.24, 2.45) is 0 Å². The van der Waals surface area contributed by atoms with Crippen LogP contribution in [0.2, 0.25) is 0 Å². The minimum absolute atomic E-state index is 0.0577. The molecule has 2 atom stereocenters. The van der Waals surface area contributed by atoms with Gasteiger partial charge in [0.2, 0.25) is 5.95 Å². The second-order valence-corrected chi connectivity index (χ2v) is 9.73. The molecule has 0 bridgehead atoms. The molecule has 0 spiro atoms. The molecule has 7 nitrogen and oxygen atoms in total. The second-order valence-electron chi connectivity index (χ2n) is 9.73. The lowest BCUT2D eigenvalue weighted by atomic mass is 9.96. The van der Waals surface area contributed by atoms with E-state index in [0.717, 1.165) is 58.7 Å². The van der Waals surface area contributed by atoms with E-state index in [4.69, 9.17) is 19.4 Å². The van der Waals surface area contributed by atoms with Gasteiger partial charge in [0, 0.05) is 40.8 Å². The quantitative estimate of drug-likeness (QED) is 0.410. The Morgan fingerprint density at radius 3 is 2.65 bits per heavy atom. The van der Waals surface area contributed by atoms with E-state index in [1.807, 2.05) is 60.9 Å². The van der Waals surface area contributed by atoms with Gasteiger partial charge in [-0.25, -0.2) is 9.97 Å². The zero-order chi connectivity index (χ0) is 24.9. The lowest BCUT2D eigenvalue weighted by Crippen LogP contribution is -2.33. The van der Waals surface area contributed by atoms with Crippen LogP contribution in [0, 0.1) is 0 Å². The Kier molecular flexibility index (Phi) is 5.09. The van der Waals surface area contributed by atoms with Gasteiger partial charge in [0.15, 0.2) is 5.43 Å². The summed E-state index contributed by atoms with van der Waals surface area (Å²) in [6, 6.07) is 15.3. The number of rotatable bonds is 4. The number of fused-ring (bicyclic) bond motifs is 2. The normalized spacial score (nSPS) is 20.2. The van der Waals surface area contributed by atoms with Crippen LogP contribution in [0.5, 0.6) is 5.75 Å². The summed E-state index contributed by atoms with van der Waals surface area (Å²) in [6.07, 6.45) is 10.7. The van der Waals surface area contributed by atoms with Crippen molar-refractivity contribution in [3.05, 3.63) is 106 Å². The van der Waals surface area contributed by atoms with Crippen molar-refractivity contribution in [3.8, 4) is 16.9 Å². The minimum atomic E-state index is -0.196. The smallest absolute Gasteiger partial charge is 0.226 e. The van der Waals surface area contributed by atoms with E-state index in [9.17, 15) is 4.79 Å². The van der Waals surface area contributed by atoms with E-state index in [1.54, 1.807) is 7.11 Å². The number of pyridine rings is 1. The summed E-state index contributed by atoms with van der Waals surface area (Å²) >= 11 is 0. The number of nitrogens with one attached hydrogen (secondary N) is 1. The Morgan fingerprint density at radius 2 is 1.86 bits per heavy atom. The van der Waals surface area contributed by atoms with E-state index in [1.165, 1.54) is 5.57 Å². The molecule has 3 aliphatic rings. The molecular formula is C30H26N4O3. The van der Waals surface area contributed by atoms with Gasteiger partial charge >= 0.3 is 0 Å². The Labute approximate surface area is 214 Å².